The first-order valence-electron chi connectivity index (χ1n) is 9.58. The molecule has 4 aromatic rings. The lowest BCUT2D eigenvalue weighted by Gasteiger charge is -2.19. The van der Waals surface area contributed by atoms with Crippen LogP contribution < -0.4 is 15.0 Å². The number of aromatic nitrogens is 4. The minimum absolute atomic E-state index is 0.157. The van der Waals surface area contributed by atoms with Gasteiger partial charge in [-0.3, -0.25) is 5.41 Å². The Hall–Kier alpha value is -2.49. The molecule has 0 radical (unpaired) electrons. The van der Waals surface area contributed by atoms with Crippen LogP contribution in [0.15, 0.2) is 57.3 Å². The van der Waals surface area contributed by atoms with Crippen molar-refractivity contribution in [3.63, 3.8) is 0 Å². The van der Waals surface area contributed by atoms with Crippen molar-refractivity contribution in [1.29, 1.82) is 5.41 Å². The average Bonchev–Trinajstić information content (AvgIpc) is 3.20. The van der Waals surface area contributed by atoms with E-state index in [1.54, 1.807) is 6.33 Å². The third kappa shape index (κ3) is 4.17. The van der Waals surface area contributed by atoms with Crippen LogP contribution in [-0.2, 0) is 13.0 Å². The summed E-state index contributed by atoms with van der Waals surface area (Å²) in [6, 6.07) is 11.6. The molecule has 0 spiro atoms. The van der Waals surface area contributed by atoms with E-state index < -0.39 is 0 Å². The summed E-state index contributed by atoms with van der Waals surface area (Å²) in [6.45, 7) is 1.72. The minimum Gasteiger partial charge on any atom is -0.486 e. The van der Waals surface area contributed by atoms with Crippen molar-refractivity contribution in [1.82, 2.24) is 19.5 Å². The highest BCUT2D eigenvalue weighted by molar-refractivity contribution is 9.10. The van der Waals surface area contributed by atoms with Crippen molar-refractivity contribution in [3.8, 4) is 11.5 Å². The van der Waals surface area contributed by atoms with Crippen molar-refractivity contribution in [2.45, 2.75) is 23.0 Å². The fraction of sp³-hybridized carbons (Fsp3) is 0.190. The van der Waals surface area contributed by atoms with Crippen molar-refractivity contribution >= 4 is 50.5 Å². The predicted molar refractivity (Wildman–Crippen MR) is 122 cm³/mol. The first-order chi connectivity index (χ1) is 15.1. The fourth-order valence-electron chi connectivity index (χ4n) is 3.34. The zero-order valence-corrected chi connectivity index (χ0v) is 19.4. The minimum atomic E-state index is 0.157. The van der Waals surface area contributed by atoms with Gasteiger partial charge in [0.1, 0.15) is 18.7 Å². The van der Waals surface area contributed by atoms with Gasteiger partial charge in [0.15, 0.2) is 27.8 Å². The molecule has 0 atom stereocenters. The molecule has 1 aliphatic rings. The summed E-state index contributed by atoms with van der Waals surface area (Å²) in [5.74, 6) is 1.44. The molecule has 3 heterocycles. The van der Waals surface area contributed by atoms with E-state index in [2.05, 4.69) is 25.9 Å². The van der Waals surface area contributed by atoms with Crippen molar-refractivity contribution < 1.29 is 9.47 Å². The first-order valence-corrected chi connectivity index (χ1v) is 11.6. The maximum atomic E-state index is 8.18. The maximum Gasteiger partial charge on any atom is 0.173 e. The van der Waals surface area contributed by atoms with Gasteiger partial charge in [-0.25, -0.2) is 9.97 Å². The van der Waals surface area contributed by atoms with E-state index in [-0.39, 0.29) is 5.49 Å². The molecule has 10 heteroatoms. The molecule has 2 N–H and O–H groups in total. The van der Waals surface area contributed by atoms with Gasteiger partial charge in [0.2, 0.25) is 0 Å². The van der Waals surface area contributed by atoms with Gasteiger partial charge in [-0.05, 0) is 46.1 Å². The summed E-state index contributed by atoms with van der Waals surface area (Å²) in [6.07, 6.45) is 2.39. The number of hydrogen-bond acceptors (Lipinski definition) is 6. The Bertz CT molecular complexity index is 1340. The van der Waals surface area contributed by atoms with Crippen LogP contribution in [0.25, 0.3) is 11.2 Å². The third-order valence-corrected chi connectivity index (χ3v) is 7.11. The molecular weight excluding hydrogens is 502 g/mol. The number of aryl methyl sites for hydroxylation is 2. The summed E-state index contributed by atoms with van der Waals surface area (Å²) in [5, 5.41) is 9.59. The zero-order chi connectivity index (χ0) is 21.4. The fourth-order valence-corrected chi connectivity index (χ4v) is 4.96. The summed E-state index contributed by atoms with van der Waals surface area (Å²) in [5.41, 5.74) is 2.50. The largest absolute Gasteiger partial charge is 0.486 e. The van der Waals surface area contributed by atoms with Gasteiger partial charge in [0.25, 0.3) is 0 Å². The number of imidazole rings is 1. The normalized spacial score (nSPS) is 13.0. The summed E-state index contributed by atoms with van der Waals surface area (Å²) in [7, 11) is 0. The van der Waals surface area contributed by atoms with Crippen LogP contribution in [0, 0.1) is 5.41 Å². The van der Waals surface area contributed by atoms with Crippen molar-refractivity contribution in [2.24, 2.45) is 0 Å². The number of ether oxygens (including phenoxy) is 2. The van der Waals surface area contributed by atoms with Crippen LogP contribution in [-0.4, -0.2) is 32.7 Å². The molecule has 1 aliphatic heterocycles. The number of halogens is 2. The molecule has 0 bridgehead atoms. The van der Waals surface area contributed by atoms with E-state index in [4.69, 9.17) is 31.5 Å². The van der Waals surface area contributed by atoms with E-state index in [1.165, 1.54) is 11.8 Å². The van der Waals surface area contributed by atoms with Crippen LogP contribution >= 0.6 is 39.3 Å². The second-order valence-corrected chi connectivity index (χ2v) is 9.19. The highest BCUT2D eigenvalue weighted by Gasteiger charge is 2.17. The molecule has 158 valence electrons. The Morgan fingerprint density at radius 1 is 1.19 bits per heavy atom. The lowest BCUT2D eigenvalue weighted by atomic mass is 10.1. The molecule has 0 saturated carbocycles. The number of fused-ring (bicyclic) bond motifs is 2. The predicted octanol–water partition coefficient (Wildman–Crippen LogP) is 4.82. The Balaban J connectivity index is 1.45. The maximum absolute atomic E-state index is 8.18. The number of hydrogen-bond donors (Lipinski definition) is 2. The number of nitrogens with one attached hydrogen (secondary N) is 2. The van der Waals surface area contributed by atoms with Crippen LogP contribution in [0.4, 0.5) is 0 Å². The monoisotopic (exact) mass is 517 g/mol. The smallest absolute Gasteiger partial charge is 0.173 e. The molecule has 2 aromatic heterocycles. The third-order valence-electron chi connectivity index (χ3n) is 4.88. The van der Waals surface area contributed by atoms with E-state index in [9.17, 15) is 0 Å². The number of benzene rings is 2. The Labute approximate surface area is 195 Å². The number of rotatable bonds is 5. The Morgan fingerprint density at radius 2 is 1.97 bits per heavy atom. The van der Waals surface area contributed by atoms with Crippen LogP contribution in [0.5, 0.6) is 11.5 Å². The summed E-state index contributed by atoms with van der Waals surface area (Å²) >= 11 is 11.3. The zero-order valence-electron chi connectivity index (χ0n) is 16.2. The standard InChI is InChI=1S/C21H17BrClN5O2S/c22-13-9-15-16(30-8-7-29-15)10-17(13)31-21-26-18-19(24)25-11-28(20(18)27-21)6-5-12-3-1-2-4-14(12)23/h1-4,9-11,24H,5-8H2,(H,26,27). The molecule has 31 heavy (non-hydrogen) atoms. The topological polar surface area (TPSA) is 88.8 Å². The second-order valence-electron chi connectivity index (χ2n) is 6.90. The van der Waals surface area contributed by atoms with Crippen molar-refractivity contribution in [2.75, 3.05) is 13.2 Å². The molecule has 0 fully saturated rings. The summed E-state index contributed by atoms with van der Waals surface area (Å²) < 4.78 is 14.1. The molecule has 5 rings (SSSR count). The lowest BCUT2D eigenvalue weighted by molar-refractivity contribution is 0.171. The van der Waals surface area contributed by atoms with Gasteiger partial charge in [-0.1, -0.05) is 41.6 Å². The van der Waals surface area contributed by atoms with Crippen LogP contribution in [0.2, 0.25) is 5.02 Å². The van der Waals surface area contributed by atoms with Gasteiger partial charge < -0.3 is 19.0 Å². The van der Waals surface area contributed by atoms with E-state index in [1.807, 2.05) is 41.0 Å². The quantitative estimate of drug-likeness (QED) is 0.395. The highest BCUT2D eigenvalue weighted by atomic mass is 79.9. The van der Waals surface area contributed by atoms with Crippen LogP contribution in [0.1, 0.15) is 5.56 Å². The van der Waals surface area contributed by atoms with Crippen molar-refractivity contribution in [3.05, 3.63) is 63.3 Å². The SMILES string of the molecule is N=c1ncn(CCc2ccccc2Cl)c2nc(Sc3cc4c(cc3Br)OCCO4)[nH]c12. The molecular formula is C21H17BrClN5O2S. The molecule has 0 amide bonds. The second kappa shape index (κ2) is 8.57. The van der Waals surface area contributed by atoms with E-state index in [0.29, 0.717) is 41.8 Å². The molecule has 7 nitrogen and oxygen atoms in total. The summed E-state index contributed by atoms with van der Waals surface area (Å²) in [4.78, 5) is 13.1. The lowest BCUT2D eigenvalue weighted by Crippen LogP contribution is -2.15. The Morgan fingerprint density at radius 3 is 2.77 bits per heavy atom. The van der Waals surface area contributed by atoms with Gasteiger partial charge in [0.05, 0.1) is 6.33 Å². The number of nitrogens with zero attached hydrogens (tertiary/aromatic N) is 3. The number of aromatic amines is 1. The van der Waals surface area contributed by atoms with Gasteiger partial charge in [-0.15, -0.1) is 0 Å². The molecule has 0 aliphatic carbocycles. The van der Waals surface area contributed by atoms with Gasteiger partial charge in [0, 0.05) is 20.9 Å². The van der Waals surface area contributed by atoms with E-state index in [0.717, 1.165) is 32.1 Å². The molecule has 0 unspecified atom stereocenters. The van der Waals surface area contributed by atoms with Gasteiger partial charge >= 0.3 is 0 Å². The molecule has 0 saturated heterocycles. The highest BCUT2D eigenvalue weighted by Crippen LogP contribution is 2.41. The van der Waals surface area contributed by atoms with Gasteiger partial charge in [-0.2, -0.15) is 0 Å². The van der Waals surface area contributed by atoms with Crippen LogP contribution in [0.3, 0.4) is 0 Å². The number of H-pyrrole nitrogens is 1. The Kier molecular flexibility index (Phi) is 5.64. The average molecular weight is 519 g/mol. The first kappa shape index (κ1) is 20.4. The molecule has 2 aromatic carbocycles. The van der Waals surface area contributed by atoms with E-state index >= 15 is 0 Å².